The molecule has 0 saturated heterocycles. The molecule has 0 radical (unpaired) electrons. The maximum atomic E-state index is 5.94. The van der Waals surface area contributed by atoms with Gasteiger partial charge >= 0.3 is 0 Å². The molecule has 1 aliphatic heterocycles. The van der Waals surface area contributed by atoms with Crippen molar-refractivity contribution in [3.63, 3.8) is 0 Å². The van der Waals surface area contributed by atoms with Gasteiger partial charge in [-0.05, 0) is 24.5 Å². The number of nitrogens with zero attached hydrogens (tertiary/aromatic N) is 2. The summed E-state index contributed by atoms with van der Waals surface area (Å²) in [6.07, 6.45) is 5.95. The Hall–Kier alpha value is -1.84. The second-order valence-corrected chi connectivity index (χ2v) is 5.48. The summed E-state index contributed by atoms with van der Waals surface area (Å²) in [5, 5.41) is 7.46. The van der Waals surface area contributed by atoms with Crippen molar-refractivity contribution in [3.05, 3.63) is 41.5 Å². The number of fused-ring (bicyclic) bond motifs is 1. The molecule has 0 amide bonds. The first-order valence-corrected chi connectivity index (χ1v) is 7.07. The Labute approximate surface area is 112 Å². The topological polar surface area (TPSA) is 50.8 Å². The second-order valence-electron chi connectivity index (χ2n) is 5.48. The molecule has 4 heteroatoms. The van der Waals surface area contributed by atoms with Gasteiger partial charge in [-0.25, -0.2) is 4.98 Å². The van der Waals surface area contributed by atoms with Gasteiger partial charge in [0, 0.05) is 12.3 Å². The molecule has 2 aliphatic rings. The molecule has 2 aromatic rings. The molecular formula is C15H17N3O. The fourth-order valence-corrected chi connectivity index (χ4v) is 3.13. The molecule has 0 bridgehead atoms. The van der Waals surface area contributed by atoms with Gasteiger partial charge in [0.15, 0.2) is 17.8 Å². The van der Waals surface area contributed by atoms with Gasteiger partial charge in [0.1, 0.15) is 5.75 Å². The zero-order valence-corrected chi connectivity index (χ0v) is 10.8. The van der Waals surface area contributed by atoms with E-state index < -0.39 is 0 Å². The fraction of sp³-hybridized carbons (Fsp3) is 0.467. The van der Waals surface area contributed by atoms with Crippen LogP contribution in [0.4, 0.5) is 0 Å². The number of ether oxygens (including phenoxy) is 1. The smallest absolute Gasteiger partial charge is 0.166 e. The summed E-state index contributed by atoms with van der Waals surface area (Å²) in [5.74, 6) is 3.38. The van der Waals surface area contributed by atoms with Gasteiger partial charge in [0.2, 0.25) is 0 Å². The Bertz CT molecular complexity index is 562. The van der Waals surface area contributed by atoms with E-state index in [1.54, 1.807) is 0 Å². The van der Waals surface area contributed by atoms with Crippen molar-refractivity contribution in [1.29, 1.82) is 0 Å². The molecule has 1 saturated carbocycles. The van der Waals surface area contributed by atoms with Gasteiger partial charge in [-0.3, -0.25) is 5.10 Å². The van der Waals surface area contributed by atoms with E-state index in [4.69, 9.17) is 4.74 Å². The maximum absolute atomic E-state index is 5.94. The average Bonchev–Trinajstić information content (AvgIpc) is 3.17. The van der Waals surface area contributed by atoms with E-state index in [0.717, 1.165) is 23.8 Å². The van der Waals surface area contributed by atoms with Crippen molar-refractivity contribution in [2.45, 2.75) is 44.1 Å². The van der Waals surface area contributed by atoms with Gasteiger partial charge in [0.25, 0.3) is 0 Å². The number of benzene rings is 1. The van der Waals surface area contributed by atoms with Crippen LogP contribution in [0, 0.1) is 0 Å². The molecule has 1 N–H and O–H groups in total. The minimum Gasteiger partial charge on any atom is -0.482 e. The highest BCUT2D eigenvalue weighted by Gasteiger charge is 2.28. The number of hydrogen-bond acceptors (Lipinski definition) is 3. The van der Waals surface area contributed by atoms with E-state index in [0.29, 0.717) is 5.92 Å². The standard InChI is InChI=1S/C15H17N3O/c1-2-6-10(5-1)14-16-15(18-17-14)13-9-11-7-3-4-8-12(11)19-13/h3-4,7-8,10,13H,1-2,5-6,9H2,(H,16,17,18). The second kappa shape index (κ2) is 4.37. The predicted octanol–water partition coefficient (Wildman–Crippen LogP) is 3.14. The van der Waals surface area contributed by atoms with E-state index in [-0.39, 0.29) is 6.10 Å². The Kier molecular flexibility index (Phi) is 2.53. The van der Waals surface area contributed by atoms with Crippen LogP contribution in [0.5, 0.6) is 5.75 Å². The highest BCUT2D eigenvalue weighted by molar-refractivity contribution is 5.38. The molecule has 1 aromatic carbocycles. The molecule has 4 nitrogen and oxygen atoms in total. The number of nitrogens with one attached hydrogen (secondary N) is 1. The van der Waals surface area contributed by atoms with Crippen molar-refractivity contribution in [2.24, 2.45) is 0 Å². The minimum absolute atomic E-state index is 0.0000491. The van der Waals surface area contributed by atoms with E-state index in [1.165, 1.54) is 31.2 Å². The molecule has 1 unspecified atom stereocenters. The van der Waals surface area contributed by atoms with Crippen LogP contribution in [-0.2, 0) is 6.42 Å². The third-order valence-corrected chi connectivity index (χ3v) is 4.19. The minimum atomic E-state index is 0.0000491. The molecular weight excluding hydrogens is 238 g/mol. The van der Waals surface area contributed by atoms with E-state index >= 15 is 0 Å². The van der Waals surface area contributed by atoms with Gasteiger partial charge < -0.3 is 4.74 Å². The number of hydrogen-bond donors (Lipinski definition) is 1. The normalized spacial score (nSPS) is 22.4. The first-order chi connectivity index (χ1) is 9.40. The van der Waals surface area contributed by atoms with E-state index in [9.17, 15) is 0 Å². The maximum Gasteiger partial charge on any atom is 0.166 e. The van der Waals surface area contributed by atoms with Crippen LogP contribution in [0.2, 0.25) is 0 Å². The number of aromatic amines is 1. The lowest BCUT2D eigenvalue weighted by Crippen LogP contribution is -2.05. The molecule has 1 aromatic heterocycles. The fourth-order valence-electron chi connectivity index (χ4n) is 3.13. The molecule has 1 atom stereocenters. The van der Waals surface area contributed by atoms with Crippen molar-refractivity contribution >= 4 is 0 Å². The first kappa shape index (κ1) is 11.0. The average molecular weight is 255 g/mol. The molecule has 2 heterocycles. The largest absolute Gasteiger partial charge is 0.482 e. The van der Waals surface area contributed by atoms with E-state index in [2.05, 4.69) is 27.3 Å². The molecule has 1 fully saturated rings. The van der Waals surface area contributed by atoms with Crippen LogP contribution in [-0.4, -0.2) is 15.2 Å². The number of H-pyrrole nitrogens is 1. The number of rotatable bonds is 2. The van der Waals surface area contributed by atoms with Crippen LogP contribution in [0.15, 0.2) is 24.3 Å². The first-order valence-electron chi connectivity index (χ1n) is 7.07. The molecule has 1 aliphatic carbocycles. The molecule has 98 valence electrons. The summed E-state index contributed by atoms with van der Waals surface area (Å²) in [6.45, 7) is 0. The van der Waals surface area contributed by atoms with Crippen molar-refractivity contribution in [3.8, 4) is 5.75 Å². The Morgan fingerprint density at radius 3 is 2.84 bits per heavy atom. The third kappa shape index (κ3) is 1.91. The summed E-state index contributed by atoms with van der Waals surface area (Å²) >= 11 is 0. The van der Waals surface area contributed by atoms with Crippen LogP contribution in [0.25, 0.3) is 0 Å². The monoisotopic (exact) mass is 255 g/mol. The number of aromatic nitrogens is 3. The van der Waals surface area contributed by atoms with Gasteiger partial charge in [-0.1, -0.05) is 31.0 Å². The summed E-state index contributed by atoms with van der Waals surface area (Å²) in [5.41, 5.74) is 1.26. The SMILES string of the molecule is c1ccc2c(c1)CC(c1nc(C3CCCC3)n[nH]1)O2. The third-order valence-electron chi connectivity index (χ3n) is 4.19. The Morgan fingerprint density at radius 1 is 1.16 bits per heavy atom. The van der Waals surface area contributed by atoms with Crippen LogP contribution in [0.1, 0.15) is 54.9 Å². The van der Waals surface area contributed by atoms with Crippen LogP contribution < -0.4 is 4.74 Å². The molecule has 0 spiro atoms. The highest BCUT2D eigenvalue weighted by atomic mass is 16.5. The van der Waals surface area contributed by atoms with Crippen molar-refractivity contribution in [2.75, 3.05) is 0 Å². The van der Waals surface area contributed by atoms with Gasteiger partial charge in [-0.15, -0.1) is 0 Å². The Morgan fingerprint density at radius 2 is 2.00 bits per heavy atom. The predicted molar refractivity (Wildman–Crippen MR) is 71.1 cm³/mol. The molecule has 4 rings (SSSR count). The van der Waals surface area contributed by atoms with Crippen LogP contribution in [0.3, 0.4) is 0 Å². The molecule has 19 heavy (non-hydrogen) atoms. The van der Waals surface area contributed by atoms with E-state index in [1.807, 2.05) is 12.1 Å². The lowest BCUT2D eigenvalue weighted by molar-refractivity contribution is 0.228. The quantitative estimate of drug-likeness (QED) is 0.896. The van der Waals surface area contributed by atoms with Crippen LogP contribution >= 0.6 is 0 Å². The summed E-state index contributed by atoms with van der Waals surface area (Å²) in [4.78, 5) is 4.67. The van der Waals surface area contributed by atoms with Crippen molar-refractivity contribution in [1.82, 2.24) is 15.2 Å². The van der Waals surface area contributed by atoms with Gasteiger partial charge in [-0.2, -0.15) is 5.10 Å². The summed E-state index contributed by atoms with van der Waals surface area (Å²) in [7, 11) is 0. The lowest BCUT2D eigenvalue weighted by atomic mass is 10.1. The Balaban J connectivity index is 1.55. The summed E-state index contributed by atoms with van der Waals surface area (Å²) < 4.78 is 5.94. The lowest BCUT2D eigenvalue weighted by Gasteiger charge is -2.06. The highest BCUT2D eigenvalue weighted by Crippen LogP contribution is 2.36. The zero-order chi connectivity index (χ0) is 12.7. The zero-order valence-electron chi connectivity index (χ0n) is 10.8. The van der Waals surface area contributed by atoms with Gasteiger partial charge in [0.05, 0.1) is 0 Å². The van der Waals surface area contributed by atoms with Crippen molar-refractivity contribution < 1.29 is 4.74 Å². The summed E-state index contributed by atoms with van der Waals surface area (Å²) in [6, 6.07) is 8.19. The number of para-hydroxylation sites is 1.